The van der Waals surface area contributed by atoms with Crippen molar-refractivity contribution in [2.45, 2.75) is 25.9 Å². The van der Waals surface area contributed by atoms with Gasteiger partial charge in [-0.1, -0.05) is 0 Å². The highest BCUT2D eigenvalue weighted by atomic mass is 35.5. The van der Waals surface area contributed by atoms with Crippen LogP contribution in [0, 0.1) is 0 Å². The Labute approximate surface area is 145 Å². The summed E-state index contributed by atoms with van der Waals surface area (Å²) in [5, 5.41) is 0. The smallest absolute Gasteiger partial charge is 0.268 e. The lowest BCUT2D eigenvalue weighted by Gasteiger charge is -2.33. The maximum Gasteiger partial charge on any atom is 0.268 e. The Morgan fingerprint density at radius 1 is 1.29 bits per heavy atom. The van der Waals surface area contributed by atoms with Gasteiger partial charge in [0.05, 0.1) is 11.6 Å². The summed E-state index contributed by atoms with van der Waals surface area (Å²) in [4.78, 5) is 40.0. The molecule has 2 aliphatic rings. The largest absolute Gasteiger partial charge is 0.479 e. The monoisotopic (exact) mass is 350 g/mol. The Kier molecular flexibility index (Phi) is 4.76. The Hall–Kier alpha value is -2.08. The van der Waals surface area contributed by atoms with Gasteiger partial charge in [0, 0.05) is 18.7 Å². The van der Waals surface area contributed by atoms with E-state index in [1.54, 1.807) is 30.0 Å². The SMILES string of the molecule is CC1Oc2ccc(C(=O)CCl)cc2N(CC(=O)N2CCCC2)C1=O. The van der Waals surface area contributed by atoms with Gasteiger partial charge in [-0.05, 0) is 38.0 Å². The number of hydrogen-bond acceptors (Lipinski definition) is 4. The highest BCUT2D eigenvalue weighted by molar-refractivity contribution is 6.30. The highest BCUT2D eigenvalue weighted by Gasteiger charge is 2.34. The van der Waals surface area contributed by atoms with Crippen molar-refractivity contribution in [2.24, 2.45) is 0 Å². The molecule has 2 heterocycles. The summed E-state index contributed by atoms with van der Waals surface area (Å²) in [6, 6.07) is 4.83. The first-order valence-corrected chi connectivity index (χ1v) is 8.53. The van der Waals surface area contributed by atoms with E-state index in [1.165, 1.54) is 4.90 Å². The average molecular weight is 351 g/mol. The van der Waals surface area contributed by atoms with E-state index < -0.39 is 6.10 Å². The number of amides is 2. The van der Waals surface area contributed by atoms with Crippen LogP contribution in [0.2, 0.25) is 0 Å². The Bertz CT molecular complexity index is 685. The Balaban J connectivity index is 1.91. The molecule has 1 saturated heterocycles. The molecule has 24 heavy (non-hydrogen) atoms. The van der Waals surface area contributed by atoms with Gasteiger partial charge in [-0.25, -0.2) is 0 Å². The van der Waals surface area contributed by atoms with E-state index in [0.717, 1.165) is 25.9 Å². The van der Waals surface area contributed by atoms with E-state index in [1.807, 2.05) is 0 Å². The van der Waals surface area contributed by atoms with Crippen molar-refractivity contribution >= 4 is 34.9 Å². The third-order valence-corrected chi connectivity index (χ3v) is 4.61. The summed E-state index contributed by atoms with van der Waals surface area (Å²) < 4.78 is 5.59. The third kappa shape index (κ3) is 3.11. The van der Waals surface area contributed by atoms with Gasteiger partial charge in [-0.15, -0.1) is 11.6 Å². The standard InChI is InChI=1S/C17H19ClN2O4/c1-11-17(23)20(10-16(22)19-6-2-3-7-19)13-8-12(14(21)9-18)4-5-15(13)24-11/h4-5,8,11H,2-3,6-7,9-10H2,1H3. The molecule has 0 saturated carbocycles. The topological polar surface area (TPSA) is 66.9 Å². The lowest BCUT2D eigenvalue weighted by Crippen LogP contribution is -2.49. The zero-order valence-electron chi connectivity index (χ0n) is 13.5. The van der Waals surface area contributed by atoms with Crippen molar-refractivity contribution < 1.29 is 19.1 Å². The number of carbonyl (C=O) groups is 3. The van der Waals surface area contributed by atoms with Crippen molar-refractivity contribution in [3.8, 4) is 5.75 Å². The number of ether oxygens (including phenoxy) is 1. The molecule has 0 aromatic heterocycles. The number of hydrogen-bond donors (Lipinski definition) is 0. The molecular weight excluding hydrogens is 332 g/mol. The Morgan fingerprint density at radius 2 is 2.00 bits per heavy atom. The van der Waals surface area contributed by atoms with Gasteiger partial charge < -0.3 is 9.64 Å². The number of halogens is 1. The van der Waals surface area contributed by atoms with Crippen molar-refractivity contribution in [3.05, 3.63) is 23.8 Å². The van der Waals surface area contributed by atoms with Crippen LogP contribution in [0.3, 0.4) is 0 Å². The second kappa shape index (κ2) is 6.81. The number of ketones is 1. The number of Topliss-reactive ketones (excluding diaryl/α,β-unsaturated/α-hetero) is 1. The highest BCUT2D eigenvalue weighted by Crippen LogP contribution is 2.35. The van der Waals surface area contributed by atoms with Gasteiger partial charge in [0.2, 0.25) is 5.91 Å². The minimum absolute atomic E-state index is 0.0436. The molecule has 6 nitrogen and oxygen atoms in total. The second-order valence-corrected chi connectivity index (χ2v) is 6.28. The van der Waals surface area contributed by atoms with Crippen LogP contribution >= 0.6 is 11.6 Å². The van der Waals surface area contributed by atoms with Crippen LogP contribution < -0.4 is 9.64 Å². The first-order valence-electron chi connectivity index (χ1n) is 8.00. The van der Waals surface area contributed by atoms with Crippen LogP contribution in [0.25, 0.3) is 0 Å². The number of carbonyl (C=O) groups excluding carboxylic acids is 3. The van der Waals surface area contributed by atoms with Gasteiger partial charge in [-0.2, -0.15) is 0 Å². The van der Waals surface area contributed by atoms with E-state index in [-0.39, 0.29) is 30.0 Å². The fraction of sp³-hybridized carbons (Fsp3) is 0.471. The fourth-order valence-electron chi connectivity index (χ4n) is 3.02. The molecule has 3 rings (SSSR count). The molecule has 1 atom stereocenters. The van der Waals surface area contributed by atoms with Crippen molar-refractivity contribution in [3.63, 3.8) is 0 Å². The fourth-order valence-corrected chi connectivity index (χ4v) is 3.18. The zero-order chi connectivity index (χ0) is 17.3. The van der Waals surface area contributed by atoms with E-state index in [2.05, 4.69) is 0 Å². The maximum atomic E-state index is 12.5. The first-order chi connectivity index (χ1) is 11.5. The maximum absolute atomic E-state index is 12.5. The molecule has 0 bridgehead atoms. The normalized spacial score (nSPS) is 19.9. The van der Waals surface area contributed by atoms with Gasteiger partial charge >= 0.3 is 0 Å². The average Bonchev–Trinajstić information content (AvgIpc) is 3.12. The van der Waals surface area contributed by atoms with Crippen molar-refractivity contribution in [1.29, 1.82) is 0 Å². The molecule has 128 valence electrons. The molecule has 1 fully saturated rings. The quantitative estimate of drug-likeness (QED) is 0.614. The van der Waals surface area contributed by atoms with Gasteiger partial charge in [0.15, 0.2) is 11.9 Å². The zero-order valence-corrected chi connectivity index (χ0v) is 14.2. The lowest BCUT2D eigenvalue weighted by atomic mass is 10.1. The summed E-state index contributed by atoms with van der Waals surface area (Å²) in [6.45, 7) is 3.06. The molecule has 0 aliphatic carbocycles. The number of nitrogens with zero attached hydrogens (tertiary/aromatic N) is 2. The number of benzene rings is 1. The third-order valence-electron chi connectivity index (χ3n) is 4.36. The molecule has 0 N–H and O–H groups in total. The summed E-state index contributed by atoms with van der Waals surface area (Å²) in [5.41, 5.74) is 0.843. The minimum Gasteiger partial charge on any atom is -0.479 e. The summed E-state index contributed by atoms with van der Waals surface area (Å²) in [5.74, 6) is -0.268. The molecular formula is C17H19ClN2O4. The molecule has 1 unspecified atom stereocenters. The summed E-state index contributed by atoms with van der Waals surface area (Å²) >= 11 is 5.61. The Morgan fingerprint density at radius 3 is 2.67 bits per heavy atom. The summed E-state index contributed by atoms with van der Waals surface area (Å²) in [6.07, 6.45) is 1.31. The predicted molar refractivity (Wildman–Crippen MR) is 89.7 cm³/mol. The summed E-state index contributed by atoms with van der Waals surface area (Å²) in [7, 11) is 0. The molecule has 2 amide bonds. The van der Waals surface area contributed by atoms with E-state index in [0.29, 0.717) is 17.0 Å². The molecule has 0 spiro atoms. The van der Waals surface area contributed by atoms with Crippen LogP contribution in [0.1, 0.15) is 30.1 Å². The first kappa shape index (κ1) is 16.8. The van der Waals surface area contributed by atoms with Crippen LogP contribution in [-0.2, 0) is 9.59 Å². The molecule has 7 heteroatoms. The van der Waals surface area contributed by atoms with E-state index in [4.69, 9.17) is 16.3 Å². The number of likely N-dealkylation sites (tertiary alicyclic amines) is 1. The van der Waals surface area contributed by atoms with Gasteiger partial charge in [0.25, 0.3) is 5.91 Å². The van der Waals surface area contributed by atoms with E-state index in [9.17, 15) is 14.4 Å². The van der Waals surface area contributed by atoms with Crippen molar-refractivity contribution in [1.82, 2.24) is 4.90 Å². The number of alkyl halides is 1. The van der Waals surface area contributed by atoms with Gasteiger partial charge in [-0.3, -0.25) is 19.3 Å². The molecule has 0 radical (unpaired) electrons. The molecule has 1 aromatic carbocycles. The minimum atomic E-state index is -0.668. The lowest BCUT2D eigenvalue weighted by molar-refractivity contribution is -0.132. The van der Waals surface area contributed by atoms with Crippen LogP contribution in [0.15, 0.2) is 18.2 Å². The molecule has 2 aliphatic heterocycles. The van der Waals surface area contributed by atoms with Gasteiger partial charge in [0.1, 0.15) is 12.3 Å². The predicted octanol–water partition coefficient (Wildman–Crippen LogP) is 1.84. The van der Waals surface area contributed by atoms with E-state index >= 15 is 0 Å². The number of fused-ring (bicyclic) bond motifs is 1. The van der Waals surface area contributed by atoms with Crippen LogP contribution in [0.4, 0.5) is 5.69 Å². The second-order valence-electron chi connectivity index (χ2n) is 6.01. The van der Waals surface area contributed by atoms with Crippen LogP contribution in [0.5, 0.6) is 5.75 Å². The number of anilines is 1. The van der Waals surface area contributed by atoms with Crippen molar-refractivity contribution in [2.75, 3.05) is 30.4 Å². The van der Waals surface area contributed by atoms with Crippen LogP contribution in [-0.4, -0.2) is 54.1 Å². The number of rotatable bonds is 4. The molecule has 1 aromatic rings.